The van der Waals surface area contributed by atoms with Gasteiger partial charge in [0.05, 0.1) is 0 Å². The molecule has 0 bridgehead atoms. The van der Waals surface area contributed by atoms with Crippen molar-refractivity contribution in [1.29, 1.82) is 0 Å². The highest BCUT2D eigenvalue weighted by Crippen LogP contribution is 2.44. The standard InChI is InChI=1S/C31H44O/c1-5-7-8-14-22-31(3,4)27-20-21-29(28-19-13-12-18-26(28)15-6-2)30(23-27)32-24-25-16-10-9-11-17-25/h6,9-11,16-17,20-21,23,26,28H,2,5,7-8,12-15,18-19,22,24H2,1,3-4H3/t26-,28-/m1/s1. The van der Waals surface area contributed by atoms with Gasteiger partial charge in [-0.1, -0.05) is 108 Å². The first-order valence-electron chi connectivity index (χ1n) is 13.0. The lowest BCUT2D eigenvalue weighted by atomic mass is 9.72. The van der Waals surface area contributed by atoms with Gasteiger partial charge in [-0.15, -0.1) is 6.58 Å². The number of benzene rings is 2. The van der Waals surface area contributed by atoms with Gasteiger partial charge in [-0.3, -0.25) is 0 Å². The smallest absolute Gasteiger partial charge is 0.123 e. The minimum absolute atomic E-state index is 0.171. The molecule has 1 saturated carbocycles. The van der Waals surface area contributed by atoms with Crippen LogP contribution in [0.4, 0.5) is 0 Å². The van der Waals surface area contributed by atoms with E-state index in [1.54, 1.807) is 0 Å². The van der Waals surface area contributed by atoms with Crippen molar-refractivity contribution in [3.05, 3.63) is 77.9 Å². The first-order chi connectivity index (χ1) is 15.5. The Morgan fingerprint density at radius 1 is 1.00 bits per heavy atom. The van der Waals surface area contributed by atoms with Gasteiger partial charge in [0, 0.05) is 0 Å². The van der Waals surface area contributed by atoms with Crippen molar-refractivity contribution in [2.45, 2.75) is 103 Å². The zero-order valence-electron chi connectivity index (χ0n) is 20.7. The zero-order chi connectivity index (χ0) is 22.8. The minimum Gasteiger partial charge on any atom is -0.489 e. The van der Waals surface area contributed by atoms with Gasteiger partial charge in [0.15, 0.2) is 0 Å². The van der Waals surface area contributed by atoms with E-state index in [2.05, 4.69) is 82.0 Å². The SMILES string of the molecule is C=CC[C@@H]1CCCC[C@H]1c1ccc(C(C)(C)CCCCCC)cc1OCc1ccccc1. The summed E-state index contributed by atoms with van der Waals surface area (Å²) < 4.78 is 6.56. The normalized spacial score (nSPS) is 19.0. The Labute approximate surface area is 197 Å². The van der Waals surface area contributed by atoms with Crippen LogP contribution >= 0.6 is 0 Å². The van der Waals surface area contributed by atoms with E-state index in [9.17, 15) is 0 Å². The van der Waals surface area contributed by atoms with Crippen LogP contribution in [-0.4, -0.2) is 0 Å². The van der Waals surface area contributed by atoms with E-state index in [0.717, 1.165) is 12.2 Å². The van der Waals surface area contributed by atoms with E-state index >= 15 is 0 Å². The molecular weight excluding hydrogens is 388 g/mol. The summed E-state index contributed by atoms with van der Waals surface area (Å²) in [6, 6.07) is 17.7. The highest BCUT2D eigenvalue weighted by molar-refractivity contribution is 5.43. The van der Waals surface area contributed by atoms with Crippen LogP contribution in [0.1, 0.15) is 108 Å². The Morgan fingerprint density at radius 2 is 1.78 bits per heavy atom. The summed E-state index contributed by atoms with van der Waals surface area (Å²) in [6.07, 6.45) is 14.9. The van der Waals surface area contributed by atoms with Gasteiger partial charge in [-0.05, 0) is 65.7 Å². The first kappa shape index (κ1) is 24.6. The molecule has 1 aliphatic rings. The molecule has 32 heavy (non-hydrogen) atoms. The lowest BCUT2D eigenvalue weighted by molar-refractivity contribution is 0.274. The second-order valence-corrected chi connectivity index (χ2v) is 10.4. The Bertz CT molecular complexity index is 820. The average molecular weight is 433 g/mol. The van der Waals surface area contributed by atoms with Gasteiger partial charge in [0.2, 0.25) is 0 Å². The van der Waals surface area contributed by atoms with E-state index in [1.165, 1.54) is 74.5 Å². The summed E-state index contributed by atoms with van der Waals surface area (Å²) in [5.74, 6) is 2.37. The Hall–Kier alpha value is -2.02. The molecule has 0 aromatic heterocycles. The molecule has 0 amide bonds. The van der Waals surface area contributed by atoms with Crippen LogP contribution in [0, 0.1) is 5.92 Å². The predicted octanol–water partition coefficient (Wildman–Crippen LogP) is 9.36. The highest BCUT2D eigenvalue weighted by atomic mass is 16.5. The zero-order valence-corrected chi connectivity index (χ0v) is 20.7. The molecule has 174 valence electrons. The quantitative estimate of drug-likeness (QED) is 0.240. The number of hydrogen-bond donors (Lipinski definition) is 0. The second kappa shape index (κ2) is 12.3. The highest BCUT2D eigenvalue weighted by Gasteiger charge is 2.29. The predicted molar refractivity (Wildman–Crippen MR) is 139 cm³/mol. The number of rotatable bonds is 12. The molecule has 0 spiro atoms. The molecule has 1 heteroatoms. The molecule has 1 nitrogen and oxygen atoms in total. The molecule has 2 aromatic carbocycles. The van der Waals surface area contributed by atoms with Gasteiger partial charge in [0.1, 0.15) is 12.4 Å². The largest absolute Gasteiger partial charge is 0.489 e. The Morgan fingerprint density at radius 3 is 2.53 bits per heavy atom. The van der Waals surface area contributed by atoms with Crippen molar-refractivity contribution in [3.8, 4) is 5.75 Å². The van der Waals surface area contributed by atoms with Crippen molar-refractivity contribution in [2.24, 2.45) is 5.92 Å². The van der Waals surface area contributed by atoms with Crippen LogP contribution in [0.5, 0.6) is 5.75 Å². The third-order valence-corrected chi connectivity index (χ3v) is 7.47. The average Bonchev–Trinajstić information content (AvgIpc) is 2.82. The summed E-state index contributed by atoms with van der Waals surface area (Å²) >= 11 is 0. The summed E-state index contributed by atoms with van der Waals surface area (Å²) in [6.45, 7) is 11.8. The van der Waals surface area contributed by atoms with Crippen molar-refractivity contribution in [3.63, 3.8) is 0 Å². The minimum atomic E-state index is 0.171. The molecule has 2 atom stereocenters. The van der Waals surface area contributed by atoms with Gasteiger partial charge in [0.25, 0.3) is 0 Å². The Balaban J connectivity index is 1.86. The van der Waals surface area contributed by atoms with Crippen LogP contribution in [-0.2, 0) is 12.0 Å². The van der Waals surface area contributed by atoms with Gasteiger partial charge in [-0.25, -0.2) is 0 Å². The van der Waals surface area contributed by atoms with E-state index in [1.807, 2.05) is 0 Å². The first-order valence-corrected chi connectivity index (χ1v) is 13.0. The molecule has 2 aromatic rings. The Kier molecular flexibility index (Phi) is 9.45. The maximum absolute atomic E-state index is 6.56. The maximum atomic E-state index is 6.56. The van der Waals surface area contributed by atoms with Gasteiger partial charge < -0.3 is 4.74 Å². The number of hydrogen-bond acceptors (Lipinski definition) is 1. The lowest BCUT2D eigenvalue weighted by Gasteiger charge is -2.33. The number of ether oxygens (including phenoxy) is 1. The van der Waals surface area contributed by atoms with Crippen molar-refractivity contribution in [2.75, 3.05) is 0 Å². The molecule has 0 saturated heterocycles. The molecule has 0 heterocycles. The van der Waals surface area contributed by atoms with Crippen molar-refractivity contribution >= 4 is 0 Å². The molecule has 1 fully saturated rings. The van der Waals surface area contributed by atoms with E-state index in [-0.39, 0.29) is 5.41 Å². The molecular formula is C31H44O. The summed E-state index contributed by atoms with van der Waals surface area (Å²) in [7, 11) is 0. The third-order valence-electron chi connectivity index (χ3n) is 7.47. The fourth-order valence-electron chi connectivity index (χ4n) is 5.37. The molecule has 1 aliphatic carbocycles. The maximum Gasteiger partial charge on any atom is 0.123 e. The van der Waals surface area contributed by atoms with Crippen LogP contribution in [0.3, 0.4) is 0 Å². The van der Waals surface area contributed by atoms with Crippen molar-refractivity contribution < 1.29 is 4.74 Å². The molecule has 0 N–H and O–H groups in total. The van der Waals surface area contributed by atoms with Crippen LogP contribution < -0.4 is 4.74 Å². The lowest BCUT2D eigenvalue weighted by Crippen LogP contribution is -2.20. The van der Waals surface area contributed by atoms with Crippen molar-refractivity contribution in [1.82, 2.24) is 0 Å². The van der Waals surface area contributed by atoms with Crippen LogP contribution in [0.25, 0.3) is 0 Å². The second-order valence-electron chi connectivity index (χ2n) is 10.4. The van der Waals surface area contributed by atoms with Crippen LogP contribution in [0.2, 0.25) is 0 Å². The van der Waals surface area contributed by atoms with Gasteiger partial charge in [-0.2, -0.15) is 0 Å². The summed E-state index contributed by atoms with van der Waals surface area (Å²) in [5, 5.41) is 0. The summed E-state index contributed by atoms with van der Waals surface area (Å²) in [4.78, 5) is 0. The van der Waals surface area contributed by atoms with E-state index in [4.69, 9.17) is 4.74 Å². The van der Waals surface area contributed by atoms with E-state index in [0.29, 0.717) is 18.4 Å². The van der Waals surface area contributed by atoms with Crippen LogP contribution in [0.15, 0.2) is 61.2 Å². The topological polar surface area (TPSA) is 9.23 Å². The molecule has 0 unspecified atom stereocenters. The third kappa shape index (κ3) is 6.74. The number of unbranched alkanes of at least 4 members (excludes halogenated alkanes) is 3. The van der Waals surface area contributed by atoms with Gasteiger partial charge >= 0.3 is 0 Å². The number of allylic oxidation sites excluding steroid dienone is 1. The molecule has 0 aliphatic heterocycles. The molecule has 3 rings (SSSR count). The molecule has 0 radical (unpaired) electrons. The monoisotopic (exact) mass is 432 g/mol. The summed E-state index contributed by atoms with van der Waals surface area (Å²) in [5.41, 5.74) is 4.23. The fraction of sp³-hybridized carbons (Fsp3) is 0.548. The fourth-order valence-corrected chi connectivity index (χ4v) is 5.37. The van der Waals surface area contributed by atoms with E-state index < -0.39 is 0 Å².